The maximum atomic E-state index is 12.9. The summed E-state index contributed by atoms with van der Waals surface area (Å²) in [5, 5.41) is 42.0. The van der Waals surface area contributed by atoms with E-state index >= 15 is 0 Å². The van der Waals surface area contributed by atoms with Gasteiger partial charge in [0, 0.05) is 13.0 Å². The predicted octanol–water partition coefficient (Wildman–Crippen LogP) is -3.01. The normalized spacial score (nSPS) is 20.8. The summed E-state index contributed by atoms with van der Waals surface area (Å²) in [5.41, 5.74) is 5.51. The van der Waals surface area contributed by atoms with Crippen LogP contribution in [0.5, 0.6) is 0 Å². The van der Waals surface area contributed by atoms with Gasteiger partial charge in [0.05, 0.1) is 12.2 Å². The zero-order chi connectivity index (χ0) is 23.9. The van der Waals surface area contributed by atoms with Gasteiger partial charge in [0.25, 0.3) is 0 Å². The third-order valence-electron chi connectivity index (χ3n) is 4.97. The number of hydrogen-bond donors (Lipinski definition) is 7. The summed E-state index contributed by atoms with van der Waals surface area (Å²) < 4.78 is 0. The van der Waals surface area contributed by atoms with E-state index in [1.165, 1.54) is 13.8 Å². The minimum Gasteiger partial charge on any atom is -0.481 e. The van der Waals surface area contributed by atoms with Crippen LogP contribution < -0.4 is 16.4 Å². The number of rotatable bonds is 11. The number of carboxylic acid groups (broad SMARTS) is 2. The molecule has 6 unspecified atom stereocenters. The summed E-state index contributed by atoms with van der Waals surface area (Å²) in [6.45, 7) is 2.60. The van der Waals surface area contributed by atoms with Crippen LogP contribution in [0.1, 0.15) is 39.5 Å². The molecule has 0 radical (unpaired) electrons. The molecule has 6 atom stereocenters. The third kappa shape index (κ3) is 7.45. The fourth-order valence-corrected chi connectivity index (χ4v) is 3.15. The fourth-order valence-electron chi connectivity index (χ4n) is 3.15. The van der Waals surface area contributed by atoms with Crippen LogP contribution in [0.2, 0.25) is 0 Å². The molecule has 0 spiro atoms. The first kappa shape index (κ1) is 26.3. The molecule has 8 N–H and O–H groups in total. The number of aliphatic hydroxyl groups excluding tert-OH is 2. The smallest absolute Gasteiger partial charge is 0.326 e. The average molecular weight is 446 g/mol. The highest BCUT2D eigenvalue weighted by atomic mass is 16.4. The van der Waals surface area contributed by atoms with Crippen LogP contribution in [0.25, 0.3) is 0 Å². The van der Waals surface area contributed by atoms with Gasteiger partial charge in [-0.05, 0) is 33.1 Å². The van der Waals surface area contributed by atoms with E-state index in [0.29, 0.717) is 6.42 Å². The van der Waals surface area contributed by atoms with E-state index in [0.717, 1.165) is 4.90 Å². The van der Waals surface area contributed by atoms with Gasteiger partial charge < -0.3 is 41.7 Å². The molecule has 1 aliphatic rings. The molecule has 1 saturated heterocycles. The minimum absolute atomic E-state index is 0.134. The number of carbonyl (C=O) groups excluding carboxylic acids is 3. The number of amides is 3. The fraction of sp³-hybridized carbons (Fsp3) is 0.722. The number of aliphatic hydroxyl groups is 2. The monoisotopic (exact) mass is 446 g/mol. The van der Waals surface area contributed by atoms with E-state index in [9.17, 15) is 39.3 Å². The largest absolute Gasteiger partial charge is 0.481 e. The number of nitrogens with zero attached hydrogens (tertiary/aromatic N) is 1. The second kappa shape index (κ2) is 11.6. The van der Waals surface area contributed by atoms with Crippen LogP contribution in [0.3, 0.4) is 0 Å². The first-order chi connectivity index (χ1) is 14.4. The lowest BCUT2D eigenvalue weighted by Crippen LogP contribution is -2.60. The Balaban J connectivity index is 3.01. The standard InChI is InChI=1S/C18H30N4O9/c1-8(23)13(19)15(27)21-14(9(2)24)16(28)20-10(5-6-12(25)26)17(29)22-7-3-4-11(22)18(30)31/h8-11,13-14,23-24H,3-7,19H2,1-2H3,(H,20,28)(H,21,27)(H,25,26)(H,30,31). The predicted molar refractivity (Wildman–Crippen MR) is 104 cm³/mol. The molecule has 1 heterocycles. The number of likely N-dealkylation sites (tertiary alicyclic amines) is 1. The van der Waals surface area contributed by atoms with E-state index in [-0.39, 0.29) is 19.4 Å². The van der Waals surface area contributed by atoms with Crippen molar-refractivity contribution in [1.82, 2.24) is 15.5 Å². The maximum Gasteiger partial charge on any atom is 0.326 e. The van der Waals surface area contributed by atoms with E-state index in [2.05, 4.69) is 10.6 Å². The molecule has 31 heavy (non-hydrogen) atoms. The molecule has 176 valence electrons. The second-order valence-corrected chi connectivity index (χ2v) is 7.51. The third-order valence-corrected chi connectivity index (χ3v) is 4.97. The van der Waals surface area contributed by atoms with Gasteiger partial charge in [-0.15, -0.1) is 0 Å². The molecule has 0 aromatic heterocycles. The summed E-state index contributed by atoms with van der Waals surface area (Å²) >= 11 is 0. The number of aliphatic carboxylic acids is 2. The summed E-state index contributed by atoms with van der Waals surface area (Å²) in [4.78, 5) is 61.0. The van der Waals surface area contributed by atoms with Crippen LogP contribution in [0.15, 0.2) is 0 Å². The van der Waals surface area contributed by atoms with Gasteiger partial charge in [-0.1, -0.05) is 0 Å². The van der Waals surface area contributed by atoms with Gasteiger partial charge in [-0.25, -0.2) is 4.79 Å². The first-order valence-corrected chi connectivity index (χ1v) is 9.84. The minimum atomic E-state index is -1.55. The van der Waals surface area contributed by atoms with Crippen molar-refractivity contribution in [2.75, 3.05) is 6.54 Å². The van der Waals surface area contributed by atoms with Crippen molar-refractivity contribution < 1.29 is 44.4 Å². The summed E-state index contributed by atoms with van der Waals surface area (Å²) in [7, 11) is 0. The molecule has 13 nitrogen and oxygen atoms in total. The average Bonchev–Trinajstić information content (AvgIpc) is 3.17. The van der Waals surface area contributed by atoms with Crippen LogP contribution in [-0.4, -0.2) is 97.9 Å². The van der Waals surface area contributed by atoms with Gasteiger partial charge in [0.2, 0.25) is 17.7 Å². The number of nitrogens with one attached hydrogen (secondary N) is 2. The van der Waals surface area contributed by atoms with Crippen molar-refractivity contribution in [3.63, 3.8) is 0 Å². The van der Waals surface area contributed by atoms with Crippen molar-refractivity contribution in [1.29, 1.82) is 0 Å². The quantitative estimate of drug-likeness (QED) is 0.170. The highest BCUT2D eigenvalue weighted by Gasteiger charge is 2.39. The zero-order valence-electron chi connectivity index (χ0n) is 17.4. The lowest BCUT2D eigenvalue weighted by Gasteiger charge is -2.29. The van der Waals surface area contributed by atoms with Crippen LogP contribution in [-0.2, 0) is 24.0 Å². The summed E-state index contributed by atoms with van der Waals surface area (Å²) in [6.07, 6.45) is -2.79. The number of nitrogens with two attached hydrogens (primary N) is 1. The lowest BCUT2D eigenvalue weighted by molar-refractivity contribution is -0.150. The number of hydrogen-bond acceptors (Lipinski definition) is 8. The van der Waals surface area contributed by atoms with Crippen LogP contribution in [0, 0.1) is 0 Å². The van der Waals surface area contributed by atoms with Crippen molar-refractivity contribution in [3.05, 3.63) is 0 Å². The van der Waals surface area contributed by atoms with Gasteiger partial charge >= 0.3 is 11.9 Å². The van der Waals surface area contributed by atoms with Crippen molar-refractivity contribution >= 4 is 29.7 Å². The first-order valence-electron chi connectivity index (χ1n) is 9.84. The zero-order valence-corrected chi connectivity index (χ0v) is 17.4. The van der Waals surface area contributed by atoms with Gasteiger partial charge in [0.1, 0.15) is 24.2 Å². The molecule has 13 heteroatoms. The lowest BCUT2D eigenvalue weighted by atomic mass is 10.1. The molecule has 0 bridgehead atoms. The highest BCUT2D eigenvalue weighted by Crippen LogP contribution is 2.19. The van der Waals surface area contributed by atoms with Crippen LogP contribution in [0.4, 0.5) is 0 Å². The number of carboxylic acids is 2. The Morgan fingerprint density at radius 2 is 1.65 bits per heavy atom. The Morgan fingerprint density at radius 1 is 1.03 bits per heavy atom. The van der Waals surface area contributed by atoms with E-state index in [1.807, 2.05) is 0 Å². The Hall–Kier alpha value is -2.77. The molecule has 0 saturated carbocycles. The summed E-state index contributed by atoms with van der Waals surface area (Å²) in [6, 6.07) is -5.40. The van der Waals surface area contributed by atoms with Crippen molar-refractivity contribution in [3.8, 4) is 0 Å². The van der Waals surface area contributed by atoms with Gasteiger partial charge in [0.15, 0.2) is 0 Å². The topological polar surface area (TPSA) is 220 Å². The second-order valence-electron chi connectivity index (χ2n) is 7.51. The SMILES string of the molecule is CC(O)C(N)C(=O)NC(C(=O)NC(CCC(=O)O)C(=O)N1CCCC1C(=O)O)C(C)O. The van der Waals surface area contributed by atoms with Crippen molar-refractivity contribution in [2.45, 2.75) is 75.9 Å². The number of carbonyl (C=O) groups is 5. The van der Waals surface area contributed by atoms with Gasteiger partial charge in [-0.2, -0.15) is 0 Å². The molecule has 0 aliphatic carbocycles. The molecule has 0 aromatic rings. The Kier molecular flexibility index (Phi) is 9.81. The van der Waals surface area contributed by atoms with Gasteiger partial charge in [-0.3, -0.25) is 19.2 Å². The van der Waals surface area contributed by atoms with Crippen LogP contribution >= 0.6 is 0 Å². The highest BCUT2D eigenvalue weighted by molar-refractivity contribution is 5.94. The Labute approximate surface area is 178 Å². The molecular weight excluding hydrogens is 416 g/mol. The van der Waals surface area contributed by atoms with E-state index in [4.69, 9.17) is 10.8 Å². The molecule has 1 fully saturated rings. The van der Waals surface area contributed by atoms with Crippen molar-refractivity contribution in [2.24, 2.45) is 5.73 Å². The van der Waals surface area contributed by atoms with E-state index in [1.54, 1.807) is 0 Å². The molecular formula is C18H30N4O9. The maximum absolute atomic E-state index is 12.9. The summed E-state index contributed by atoms with van der Waals surface area (Å²) in [5.74, 6) is -5.12. The Bertz CT molecular complexity index is 698. The molecule has 3 amide bonds. The Morgan fingerprint density at radius 3 is 2.13 bits per heavy atom. The molecule has 1 aliphatic heterocycles. The molecule has 0 aromatic carbocycles. The molecule has 1 rings (SSSR count). The van der Waals surface area contributed by atoms with E-state index < -0.39 is 72.5 Å².